The smallest absolute Gasteiger partial charge is 0.260 e. The van der Waals surface area contributed by atoms with Gasteiger partial charge in [-0.05, 0) is 19.2 Å². The largest absolute Gasteiger partial charge is 0.504 e. The molecule has 2 aromatic rings. The van der Waals surface area contributed by atoms with Gasteiger partial charge in [0, 0.05) is 0 Å². The zero-order chi connectivity index (χ0) is 14.9. The van der Waals surface area contributed by atoms with Gasteiger partial charge in [0.2, 0.25) is 0 Å². The maximum atomic E-state index is 12.1. The van der Waals surface area contributed by atoms with E-state index in [9.17, 15) is 9.90 Å². The number of hydrogen-bond acceptors (Lipinski definition) is 4. The summed E-state index contributed by atoms with van der Waals surface area (Å²) in [5, 5.41) is 10.4. The third kappa shape index (κ3) is 3.69. The lowest BCUT2D eigenvalue weighted by molar-refractivity contribution is 0.288. The highest BCUT2D eigenvalue weighted by atomic mass is 79.9. The predicted octanol–water partition coefficient (Wildman–Crippen LogP) is 3.36. The van der Waals surface area contributed by atoms with Crippen LogP contribution in [0.25, 0.3) is 10.9 Å². The molecule has 0 bridgehead atoms. The third-order valence-electron chi connectivity index (χ3n) is 3.18. The van der Waals surface area contributed by atoms with Crippen molar-refractivity contribution in [2.45, 2.75) is 20.4 Å². The van der Waals surface area contributed by atoms with E-state index in [2.05, 4.69) is 14.9 Å². The lowest BCUT2D eigenvalue weighted by Gasteiger charge is -2.17. The van der Waals surface area contributed by atoms with Gasteiger partial charge in [-0.25, -0.2) is 4.98 Å². The summed E-state index contributed by atoms with van der Waals surface area (Å²) in [7, 11) is 0. The van der Waals surface area contributed by atoms with E-state index >= 15 is 0 Å². The molecule has 21 heavy (non-hydrogen) atoms. The molecular weight excluding hydrogens is 381 g/mol. The third-order valence-corrected chi connectivity index (χ3v) is 3.77. The number of nitrogens with one attached hydrogen (secondary N) is 1. The van der Waals surface area contributed by atoms with Crippen molar-refractivity contribution in [1.29, 1.82) is 0 Å². The molecule has 0 radical (unpaired) electrons. The van der Waals surface area contributed by atoms with E-state index in [4.69, 9.17) is 23.2 Å². The predicted molar refractivity (Wildman–Crippen MR) is 91.0 cm³/mol. The monoisotopic (exact) mass is 395 g/mol. The standard InChI is InChI=1S/C13H15Cl2N3O2.BrH/c1-3-18(4-2)6-9-16-11-10(13(20)17-9)7(14)5-8(15)12(11)19;/h5,19H,3-4,6H2,1-2H3,(H,16,17,20);1H. The van der Waals surface area contributed by atoms with Crippen LogP contribution in [0.1, 0.15) is 19.7 Å². The number of phenols is 1. The molecule has 116 valence electrons. The molecule has 5 nitrogen and oxygen atoms in total. The molecule has 1 aromatic heterocycles. The van der Waals surface area contributed by atoms with Gasteiger partial charge < -0.3 is 10.1 Å². The average molecular weight is 397 g/mol. The zero-order valence-electron chi connectivity index (χ0n) is 11.6. The Morgan fingerprint density at radius 2 is 1.90 bits per heavy atom. The van der Waals surface area contributed by atoms with Crippen LogP contribution in [-0.2, 0) is 6.54 Å². The maximum absolute atomic E-state index is 12.1. The van der Waals surface area contributed by atoms with Crippen LogP contribution in [0.5, 0.6) is 5.75 Å². The fourth-order valence-electron chi connectivity index (χ4n) is 2.01. The highest BCUT2D eigenvalue weighted by molar-refractivity contribution is 8.93. The minimum absolute atomic E-state index is 0. The summed E-state index contributed by atoms with van der Waals surface area (Å²) < 4.78 is 0. The molecule has 0 saturated heterocycles. The molecule has 2 rings (SSSR count). The number of fused-ring (bicyclic) bond motifs is 1. The van der Waals surface area contributed by atoms with E-state index in [1.807, 2.05) is 13.8 Å². The molecule has 0 atom stereocenters. The summed E-state index contributed by atoms with van der Waals surface area (Å²) in [6.07, 6.45) is 0. The van der Waals surface area contributed by atoms with Crippen LogP contribution in [0.4, 0.5) is 0 Å². The van der Waals surface area contributed by atoms with Gasteiger partial charge in [0.1, 0.15) is 11.3 Å². The molecule has 1 heterocycles. The van der Waals surface area contributed by atoms with Gasteiger partial charge in [-0.2, -0.15) is 0 Å². The first-order valence-corrected chi connectivity index (χ1v) is 7.05. The summed E-state index contributed by atoms with van der Waals surface area (Å²) in [5.41, 5.74) is -0.248. The molecule has 0 aliphatic heterocycles. The summed E-state index contributed by atoms with van der Waals surface area (Å²) in [5.74, 6) is 0.248. The Kier molecular flexibility index (Phi) is 6.46. The fraction of sp³-hybridized carbons (Fsp3) is 0.385. The lowest BCUT2D eigenvalue weighted by Crippen LogP contribution is -2.25. The Balaban J connectivity index is 0.00000220. The van der Waals surface area contributed by atoms with Crippen molar-refractivity contribution >= 4 is 51.1 Å². The van der Waals surface area contributed by atoms with E-state index in [-0.39, 0.29) is 49.2 Å². The minimum atomic E-state index is -0.380. The number of aromatic hydroxyl groups is 1. The number of aromatic nitrogens is 2. The van der Waals surface area contributed by atoms with Crippen LogP contribution >= 0.6 is 40.2 Å². The van der Waals surface area contributed by atoms with E-state index in [1.54, 1.807) is 0 Å². The first kappa shape index (κ1) is 18.2. The van der Waals surface area contributed by atoms with Gasteiger partial charge in [-0.3, -0.25) is 9.69 Å². The van der Waals surface area contributed by atoms with Gasteiger partial charge >= 0.3 is 0 Å². The van der Waals surface area contributed by atoms with E-state index in [0.717, 1.165) is 13.1 Å². The Morgan fingerprint density at radius 1 is 1.29 bits per heavy atom. The van der Waals surface area contributed by atoms with Gasteiger partial charge in [0.25, 0.3) is 5.56 Å². The number of halogens is 3. The van der Waals surface area contributed by atoms with Crippen molar-refractivity contribution < 1.29 is 5.11 Å². The second kappa shape index (κ2) is 7.45. The Labute approximate surface area is 142 Å². The van der Waals surface area contributed by atoms with Crippen molar-refractivity contribution in [3.05, 3.63) is 32.3 Å². The van der Waals surface area contributed by atoms with Crippen LogP contribution < -0.4 is 5.56 Å². The highest BCUT2D eigenvalue weighted by Crippen LogP contribution is 2.34. The second-order valence-corrected chi connectivity index (χ2v) is 5.20. The van der Waals surface area contributed by atoms with Crippen molar-refractivity contribution in [2.24, 2.45) is 0 Å². The number of aromatic amines is 1. The molecule has 1 aromatic carbocycles. The van der Waals surface area contributed by atoms with Crippen molar-refractivity contribution in [2.75, 3.05) is 13.1 Å². The molecule has 0 unspecified atom stereocenters. The van der Waals surface area contributed by atoms with Crippen LogP contribution in [-0.4, -0.2) is 33.1 Å². The molecule has 2 N–H and O–H groups in total. The maximum Gasteiger partial charge on any atom is 0.260 e. The molecule has 0 amide bonds. The number of H-pyrrole nitrogens is 1. The number of nitrogens with zero attached hydrogens (tertiary/aromatic N) is 2. The molecule has 0 saturated carbocycles. The summed E-state index contributed by atoms with van der Waals surface area (Å²) in [6, 6.07) is 1.34. The minimum Gasteiger partial charge on any atom is -0.504 e. The van der Waals surface area contributed by atoms with Crippen LogP contribution in [0, 0.1) is 0 Å². The van der Waals surface area contributed by atoms with Crippen molar-refractivity contribution in [3.8, 4) is 5.75 Å². The number of hydrogen-bond donors (Lipinski definition) is 2. The van der Waals surface area contributed by atoms with E-state index in [0.29, 0.717) is 12.4 Å². The molecule has 0 aliphatic carbocycles. The molecule has 0 fully saturated rings. The highest BCUT2D eigenvalue weighted by Gasteiger charge is 2.15. The van der Waals surface area contributed by atoms with Crippen molar-refractivity contribution in [3.63, 3.8) is 0 Å². The van der Waals surface area contributed by atoms with Gasteiger partial charge in [-0.15, -0.1) is 17.0 Å². The van der Waals surface area contributed by atoms with Crippen LogP contribution in [0.3, 0.4) is 0 Å². The first-order valence-electron chi connectivity index (χ1n) is 6.30. The summed E-state index contributed by atoms with van der Waals surface area (Å²) in [4.78, 5) is 21.1. The lowest BCUT2D eigenvalue weighted by atomic mass is 10.2. The Hall–Kier alpha value is -0.820. The van der Waals surface area contributed by atoms with Gasteiger partial charge in [0.05, 0.1) is 22.0 Å². The normalized spacial score (nSPS) is 10.9. The SMILES string of the molecule is Br.CCN(CC)Cc1nc2c(O)c(Cl)cc(Cl)c2c(=O)[nH]1. The van der Waals surface area contributed by atoms with Gasteiger partial charge in [-0.1, -0.05) is 37.0 Å². The Morgan fingerprint density at radius 3 is 2.48 bits per heavy atom. The van der Waals surface area contributed by atoms with Crippen molar-refractivity contribution in [1.82, 2.24) is 14.9 Å². The molecular formula is C13H16BrCl2N3O2. The summed E-state index contributed by atoms with van der Waals surface area (Å²) >= 11 is 11.8. The molecule has 0 spiro atoms. The topological polar surface area (TPSA) is 69.2 Å². The zero-order valence-corrected chi connectivity index (χ0v) is 14.8. The van der Waals surface area contributed by atoms with E-state index in [1.165, 1.54) is 6.07 Å². The quantitative estimate of drug-likeness (QED) is 0.831. The number of phenolic OH excluding ortho intramolecular Hbond substituents is 1. The Bertz CT molecular complexity index is 702. The second-order valence-electron chi connectivity index (χ2n) is 4.39. The van der Waals surface area contributed by atoms with Gasteiger partial charge in [0.15, 0.2) is 5.75 Å². The first-order chi connectivity index (χ1) is 9.47. The van der Waals surface area contributed by atoms with Crippen LogP contribution in [0.15, 0.2) is 10.9 Å². The molecule has 8 heteroatoms. The average Bonchev–Trinajstić information content (AvgIpc) is 2.41. The summed E-state index contributed by atoms with van der Waals surface area (Å²) in [6.45, 7) is 6.20. The fourth-order valence-corrected chi connectivity index (χ4v) is 2.55. The number of rotatable bonds is 4. The number of benzene rings is 1. The molecule has 0 aliphatic rings. The van der Waals surface area contributed by atoms with Crippen LogP contribution in [0.2, 0.25) is 10.0 Å². The van der Waals surface area contributed by atoms with E-state index < -0.39 is 0 Å².